The van der Waals surface area contributed by atoms with E-state index in [1.165, 1.54) is 5.57 Å². The van der Waals surface area contributed by atoms with Crippen LogP contribution in [0.15, 0.2) is 54.1 Å². The number of piperidine rings is 2. The van der Waals surface area contributed by atoms with Crippen LogP contribution in [0.1, 0.15) is 30.4 Å². The van der Waals surface area contributed by atoms with E-state index in [9.17, 15) is 9.59 Å². The maximum absolute atomic E-state index is 14.1. The van der Waals surface area contributed by atoms with Gasteiger partial charge in [0.1, 0.15) is 0 Å². The first-order valence-corrected chi connectivity index (χ1v) is 14.9. The molecule has 2 amide bonds. The van der Waals surface area contributed by atoms with Crippen molar-refractivity contribution in [3.05, 3.63) is 65.2 Å². The summed E-state index contributed by atoms with van der Waals surface area (Å²) >= 11 is 3.78. The van der Waals surface area contributed by atoms with Crippen molar-refractivity contribution in [3.63, 3.8) is 0 Å². The molecule has 5 aliphatic rings. The third kappa shape index (κ3) is 3.50. The summed E-state index contributed by atoms with van der Waals surface area (Å²) in [6.07, 6.45) is 4.45. The van der Waals surface area contributed by atoms with Gasteiger partial charge in [-0.3, -0.25) is 9.59 Å². The van der Waals surface area contributed by atoms with Gasteiger partial charge in [-0.25, -0.2) is 0 Å². The van der Waals surface area contributed by atoms with E-state index >= 15 is 0 Å². The molecule has 204 valence electrons. The topological polar surface area (TPSA) is 68.3 Å². The third-order valence-electron chi connectivity index (χ3n) is 9.93. The Morgan fingerprint density at radius 2 is 1.92 bits per heavy atom. The van der Waals surface area contributed by atoms with Crippen LogP contribution in [0, 0.1) is 11.8 Å². The van der Waals surface area contributed by atoms with Gasteiger partial charge in [0.2, 0.25) is 11.8 Å². The summed E-state index contributed by atoms with van der Waals surface area (Å²) in [6.45, 7) is 1.10. The molecule has 1 saturated carbocycles. The van der Waals surface area contributed by atoms with Gasteiger partial charge in [0.05, 0.1) is 51.5 Å². The Labute approximate surface area is 237 Å². The molecule has 7 rings (SSSR count). The number of benzene rings is 2. The number of hydrogen-bond donors (Lipinski definition) is 0. The molecule has 1 aliphatic carbocycles. The Hall–Kier alpha value is -2.84. The molecule has 2 saturated heterocycles. The molecule has 6 atom stereocenters. The smallest absolute Gasteiger partial charge is 0.229 e. The van der Waals surface area contributed by atoms with Gasteiger partial charge in [-0.05, 0) is 41.5 Å². The SMILES string of the molecule is COc1cc2c(cc1OC)[C@]1(CCBr)[C@@H]3C[C@H]4C(=CCO[C@@H]5CC(=O)N2[C@H]1[C@@H]54)CN3C(=O)Cc1ccccc1. The first-order valence-electron chi connectivity index (χ1n) is 13.8. The highest BCUT2D eigenvalue weighted by Gasteiger charge is 2.69. The fourth-order valence-corrected chi connectivity index (χ4v) is 9.15. The van der Waals surface area contributed by atoms with E-state index in [0.717, 1.165) is 35.0 Å². The minimum atomic E-state index is -0.459. The van der Waals surface area contributed by atoms with Crippen molar-refractivity contribution in [1.29, 1.82) is 0 Å². The second-order valence-electron chi connectivity index (χ2n) is 11.4. The standard InChI is InChI=1S/C31H33BrN2O5/c1-37-23-14-21-22(15-24(23)38-2)34-28(36)16-25-29-20-13-26(31(21,9-10-32)30(29)34)33(17-19(20)8-11-39-25)27(35)12-18-6-4-3-5-7-18/h3-8,14-15,20,25-26,29-30H,9-13,16-17H2,1-2H3/t20-,25+,26-,29+,30-,31+/m0/s1. The lowest BCUT2D eigenvalue weighted by Crippen LogP contribution is -2.72. The molecule has 8 heteroatoms. The second-order valence-corrected chi connectivity index (χ2v) is 12.2. The summed E-state index contributed by atoms with van der Waals surface area (Å²) in [5.41, 5.74) is 3.81. The highest BCUT2D eigenvalue weighted by molar-refractivity contribution is 9.09. The number of halogens is 1. The van der Waals surface area contributed by atoms with E-state index in [0.29, 0.717) is 37.5 Å². The number of methoxy groups -OCH3 is 2. The number of carbonyl (C=O) groups excluding carboxylic acids is 2. The van der Waals surface area contributed by atoms with Gasteiger partial charge in [-0.15, -0.1) is 0 Å². The van der Waals surface area contributed by atoms with E-state index < -0.39 is 5.41 Å². The average molecular weight is 594 g/mol. The Bertz CT molecular complexity index is 1360. The minimum absolute atomic E-state index is 0.0545. The van der Waals surface area contributed by atoms with E-state index in [-0.39, 0.29) is 41.8 Å². The molecule has 4 aliphatic heterocycles. The maximum Gasteiger partial charge on any atom is 0.229 e. The zero-order valence-corrected chi connectivity index (χ0v) is 23.9. The van der Waals surface area contributed by atoms with Crippen molar-refractivity contribution in [2.45, 2.75) is 49.3 Å². The second kappa shape index (κ2) is 9.37. The van der Waals surface area contributed by atoms with Crippen molar-refractivity contribution in [2.75, 3.05) is 37.6 Å². The highest BCUT2D eigenvalue weighted by atomic mass is 79.9. The lowest BCUT2D eigenvalue weighted by Gasteiger charge is -2.62. The molecule has 0 aromatic heterocycles. The van der Waals surface area contributed by atoms with Gasteiger partial charge in [-0.1, -0.05) is 52.3 Å². The number of amides is 2. The van der Waals surface area contributed by atoms with Crippen LogP contribution in [0.25, 0.3) is 0 Å². The molecule has 0 N–H and O–H groups in total. The van der Waals surface area contributed by atoms with Crippen molar-refractivity contribution in [3.8, 4) is 11.5 Å². The number of nitrogens with zero attached hydrogens (tertiary/aromatic N) is 2. The number of rotatable bonds is 6. The lowest BCUT2D eigenvalue weighted by molar-refractivity contribution is -0.145. The largest absolute Gasteiger partial charge is 0.493 e. The Morgan fingerprint density at radius 3 is 2.67 bits per heavy atom. The zero-order valence-electron chi connectivity index (χ0n) is 22.3. The quantitative estimate of drug-likeness (QED) is 0.370. The number of ether oxygens (including phenoxy) is 3. The normalized spacial score (nSPS) is 31.8. The molecule has 0 unspecified atom stereocenters. The average Bonchev–Trinajstić information content (AvgIpc) is 3.10. The van der Waals surface area contributed by atoms with Crippen LogP contribution >= 0.6 is 15.9 Å². The van der Waals surface area contributed by atoms with Crippen LogP contribution in [0.5, 0.6) is 11.5 Å². The van der Waals surface area contributed by atoms with Crippen LogP contribution in [0.2, 0.25) is 0 Å². The third-order valence-corrected chi connectivity index (χ3v) is 10.3. The maximum atomic E-state index is 14.1. The molecule has 4 heterocycles. The molecule has 39 heavy (non-hydrogen) atoms. The van der Waals surface area contributed by atoms with Gasteiger partial charge in [0.25, 0.3) is 0 Å². The molecule has 7 nitrogen and oxygen atoms in total. The molecule has 3 fully saturated rings. The number of hydrogen-bond acceptors (Lipinski definition) is 5. The minimum Gasteiger partial charge on any atom is -0.493 e. The monoisotopic (exact) mass is 592 g/mol. The molecule has 2 aromatic rings. The molecule has 0 radical (unpaired) electrons. The van der Waals surface area contributed by atoms with E-state index in [4.69, 9.17) is 14.2 Å². The molecular formula is C31H33BrN2O5. The van der Waals surface area contributed by atoms with Crippen LogP contribution in [0.4, 0.5) is 5.69 Å². The zero-order chi connectivity index (χ0) is 26.9. The molecule has 2 aromatic carbocycles. The number of fused-ring (bicyclic) bond motifs is 5. The first kappa shape index (κ1) is 25.1. The summed E-state index contributed by atoms with van der Waals surface area (Å²) in [7, 11) is 3.27. The van der Waals surface area contributed by atoms with Crippen LogP contribution < -0.4 is 14.4 Å². The predicted octanol–water partition coefficient (Wildman–Crippen LogP) is 4.26. The van der Waals surface area contributed by atoms with Gasteiger partial charge in [-0.2, -0.15) is 0 Å². The fraction of sp³-hybridized carbons (Fsp3) is 0.484. The van der Waals surface area contributed by atoms with Crippen molar-refractivity contribution >= 4 is 33.4 Å². The van der Waals surface area contributed by atoms with Gasteiger partial charge in [0.15, 0.2) is 11.5 Å². The Morgan fingerprint density at radius 1 is 1.15 bits per heavy atom. The summed E-state index contributed by atoms with van der Waals surface area (Å²) in [4.78, 5) is 32.2. The molecule has 0 spiro atoms. The van der Waals surface area contributed by atoms with E-state index in [1.54, 1.807) is 14.2 Å². The van der Waals surface area contributed by atoms with Crippen molar-refractivity contribution in [2.24, 2.45) is 11.8 Å². The number of anilines is 1. The van der Waals surface area contributed by atoms with Gasteiger partial charge in [0, 0.05) is 35.3 Å². The predicted molar refractivity (Wildman–Crippen MR) is 151 cm³/mol. The Kier molecular flexibility index (Phi) is 6.04. The van der Waals surface area contributed by atoms with Crippen molar-refractivity contribution < 1.29 is 23.8 Å². The van der Waals surface area contributed by atoms with Crippen LogP contribution in [-0.2, 0) is 26.2 Å². The summed E-state index contributed by atoms with van der Waals surface area (Å²) < 4.78 is 17.9. The van der Waals surface area contributed by atoms with Crippen LogP contribution in [0.3, 0.4) is 0 Å². The lowest BCUT2D eigenvalue weighted by atomic mass is 9.51. The van der Waals surface area contributed by atoms with E-state index in [2.05, 4.69) is 33.0 Å². The fourth-order valence-electron chi connectivity index (χ4n) is 8.49. The summed E-state index contributed by atoms with van der Waals surface area (Å²) in [5, 5.41) is 0.752. The molecule has 2 bridgehead atoms. The van der Waals surface area contributed by atoms with Gasteiger partial charge >= 0.3 is 0 Å². The highest BCUT2D eigenvalue weighted by Crippen LogP contribution is 2.65. The van der Waals surface area contributed by atoms with Crippen molar-refractivity contribution in [1.82, 2.24) is 4.90 Å². The Balaban J connectivity index is 1.44. The number of likely N-dealkylation sites (tertiary alicyclic amines) is 1. The van der Waals surface area contributed by atoms with Crippen LogP contribution in [-0.4, -0.2) is 67.6 Å². The first-order chi connectivity index (χ1) is 19.0. The number of alkyl halides is 1. The number of carbonyl (C=O) groups is 2. The van der Waals surface area contributed by atoms with Gasteiger partial charge < -0.3 is 24.0 Å². The van der Waals surface area contributed by atoms with E-state index in [1.807, 2.05) is 41.3 Å². The molecular weight excluding hydrogens is 560 g/mol. The summed E-state index contributed by atoms with van der Waals surface area (Å²) in [5.74, 6) is 1.91. The summed E-state index contributed by atoms with van der Waals surface area (Å²) in [6, 6.07) is 13.9.